The standard InChI is InChI=1S/C16H19NO2/c1-4-9-17-14-13(15(18)16(14)19)12-7-5-11(6-8-12)10(2)3/h5-8,10,17H,4,9H2,1-3H3. The summed E-state index contributed by atoms with van der Waals surface area (Å²) in [6, 6.07) is 7.87. The molecular formula is C16H19NO2. The Morgan fingerprint density at radius 2 is 1.68 bits per heavy atom. The Hall–Kier alpha value is -1.90. The highest BCUT2D eigenvalue weighted by Gasteiger charge is 2.21. The summed E-state index contributed by atoms with van der Waals surface area (Å²) in [7, 11) is 0. The molecule has 2 aromatic carbocycles. The van der Waals surface area contributed by atoms with E-state index >= 15 is 0 Å². The Balaban J connectivity index is 2.34. The van der Waals surface area contributed by atoms with E-state index in [2.05, 4.69) is 19.2 Å². The molecule has 100 valence electrons. The molecule has 2 rings (SSSR count). The highest BCUT2D eigenvalue weighted by Crippen LogP contribution is 2.25. The van der Waals surface area contributed by atoms with Crippen molar-refractivity contribution < 1.29 is 0 Å². The molecule has 0 aliphatic rings. The number of hydrogen-bond acceptors (Lipinski definition) is 3. The van der Waals surface area contributed by atoms with Crippen LogP contribution in [0.3, 0.4) is 0 Å². The Kier molecular flexibility index (Phi) is 3.84. The molecule has 0 aromatic heterocycles. The molecule has 0 spiro atoms. The van der Waals surface area contributed by atoms with Crippen molar-refractivity contribution in [3.05, 3.63) is 50.3 Å². The van der Waals surface area contributed by atoms with Crippen molar-refractivity contribution in [3.63, 3.8) is 0 Å². The van der Waals surface area contributed by atoms with Crippen molar-refractivity contribution in [2.24, 2.45) is 0 Å². The molecule has 0 radical (unpaired) electrons. The van der Waals surface area contributed by atoms with Crippen LogP contribution in [0.5, 0.6) is 0 Å². The van der Waals surface area contributed by atoms with E-state index in [1.807, 2.05) is 31.2 Å². The van der Waals surface area contributed by atoms with Gasteiger partial charge in [0.15, 0.2) is 0 Å². The van der Waals surface area contributed by atoms with Gasteiger partial charge >= 0.3 is 0 Å². The van der Waals surface area contributed by atoms with Gasteiger partial charge in [0.2, 0.25) is 10.9 Å². The number of nitrogens with one attached hydrogen (secondary N) is 1. The Labute approximate surface area is 113 Å². The lowest BCUT2D eigenvalue weighted by Crippen LogP contribution is -2.36. The van der Waals surface area contributed by atoms with Gasteiger partial charge in [-0.25, -0.2) is 0 Å². The molecule has 0 bridgehead atoms. The molecule has 2 aromatic rings. The van der Waals surface area contributed by atoms with Crippen LogP contribution in [0.15, 0.2) is 33.9 Å². The maximum atomic E-state index is 11.7. The molecule has 0 atom stereocenters. The van der Waals surface area contributed by atoms with Crippen LogP contribution in [0.4, 0.5) is 5.69 Å². The molecule has 19 heavy (non-hydrogen) atoms. The van der Waals surface area contributed by atoms with Crippen molar-refractivity contribution in [2.45, 2.75) is 33.1 Å². The first kappa shape index (κ1) is 13.5. The maximum absolute atomic E-state index is 11.7. The van der Waals surface area contributed by atoms with E-state index in [0.717, 1.165) is 12.0 Å². The summed E-state index contributed by atoms with van der Waals surface area (Å²) in [5.74, 6) is 0.458. The summed E-state index contributed by atoms with van der Waals surface area (Å²) in [6.07, 6.45) is 0.921. The van der Waals surface area contributed by atoms with E-state index in [-0.39, 0.29) is 5.43 Å². The van der Waals surface area contributed by atoms with Crippen molar-refractivity contribution >= 4 is 5.69 Å². The van der Waals surface area contributed by atoms with Crippen LogP contribution in [0.2, 0.25) is 0 Å². The largest absolute Gasteiger partial charge is 0.381 e. The zero-order valence-electron chi connectivity index (χ0n) is 11.6. The Morgan fingerprint density at radius 1 is 1.05 bits per heavy atom. The first-order valence-electron chi connectivity index (χ1n) is 6.73. The van der Waals surface area contributed by atoms with E-state index in [4.69, 9.17) is 0 Å². The average Bonchev–Trinajstić information content (AvgIpc) is 2.42. The molecule has 0 saturated heterocycles. The summed E-state index contributed by atoms with van der Waals surface area (Å²) in [4.78, 5) is 23.3. The number of benzene rings is 1. The number of hydrogen-bond donors (Lipinski definition) is 1. The van der Waals surface area contributed by atoms with Crippen LogP contribution >= 0.6 is 0 Å². The second-order valence-electron chi connectivity index (χ2n) is 5.11. The molecule has 3 nitrogen and oxygen atoms in total. The molecule has 0 unspecified atom stereocenters. The lowest BCUT2D eigenvalue weighted by Gasteiger charge is -2.13. The van der Waals surface area contributed by atoms with Gasteiger partial charge in [-0.05, 0) is 23.5 Å². The van der Waals surface area contributed by atoms with Gasteiger partial charge in [0, 0.05) is 6.54 Å². The van der Waals surface area contributed by atoms with Crippen LogP contribution in [0.25, 0.3) is 11.1 Å². The van der Waals surface area contributed by atoms with E-state index in [1.165, 1.54) is 5.56 Å². The molecule has 3 heteroatoms. The highest BCUT2D eigenvalue weighted by molar-refractivity contribution is 5.81. The monoisotopic (exact) mass is 257 g/mol. The van der Waals surface area contributed by atoms with Gasteiger partial charge in [-0.1, -0.05) is 45.0 Å². The van der Waals surface area contributed by atoms with Crippen LogP contribution in [-0.4, -0.2) is 6.54 Å². The van der Waals surface area contributed by atoms with Crippen LogP contribution in [0, 0.1) is 0 Å². The SMILES string of the molecule is CCCNc1c(-c2ccc(C(C)C)cc2)c(=O)c1=O. The fourth-order valence-corrected chi connectivity index (χ4v) is 2.12. The Morgan fingerprint density at radius 3 is 2.21 bits per heavy atom. The van der Waals surface area contributed by atoms with Gasteiger partial charge in [0.1, 0.15) is 0 Å². The smallest absolute Gasteiger partial charge is 0.250 e. The fraction of sp³-hybridized carbons (Fsp3) is 0.375. The third-order valence-corrected chi connectivity index (χ3v) is 3.33. The maximum Gasteiger partial charge on any atom is 0.250 e. The highest BCUT2D eigenvalue weighted by atomic mass is 16.2. The minimum atomic E-state index is -0.392. The Bertz CT molecular complexity index is 632. The lowest BCUT2D eigenvalue weighted by molar-refractivity contribution is 0.867. The molecule has 0 fully saturated rings. The molecule has 0 aliphatic carbocycles. The van der Waals surface area contributed by atoms with Gasteiger partial charge in [-0.2, -0.15) is 0 Å². The fourth-order valence-electron chi connectivity index (χ4n) is 2.12. The third-order valence-electron chi connectivity index (χ3n) is 3.33. The van der Waals surface area contributed by atoms with Gasteiger partial charge in [0.25, 0.3) is 0 Å². The van der Waals surface area contributed by atoms with Gasteiger partial charge in [-0.3, -0.25) is 9.59 Å². The lowest BCUT2D eigenvalue weighted by atomic mass is 9.95. The van der Waals surface area contributed by atoms with Crippen molar-refractivity contribution in [3.8, 4) is 11.1 Å². The number of anilines is 1. The number of rotatable bonds is 5. The molecule has 0 amide bonds. The summed E-state index contributed by atoms with van der Waals surface area (Å²) >= 11 is 0. The van der Waals surface area contributed by atoms with Gasteiger partial charge < -0.3 is 5.32 Å². The van der Waals surface area contributed by atoms with Gasteiger partial charge in [0.05, 0.1) is 11.3 Å². The quantitative estimate of drug-likeness (QED) is 0.838. The summed E-state index contributed by atoms with van der Waals surface area (Å²) in [5, 5.41) is 3.04. The van der Waals surface area contributed by atoms with E-state index in [9.17, 15) is 9.59 Å². The van der Waals surface area contributed by atoms with E-state index in [0.29, 0.717) is 23.7 Å². The first-order chi connectivity index (χ1) is 9.06. The van der Waals surface area contributed by atoms with Gasteiger partial charge in [-0.15, -0.1) is 0 Å². The molecule has 0 aliphatic heterocycles. The minimum Gasteiger partial charge on any atom is -0.381 e. The molecule has 1 N–H and O–H groups in total. The normalized spacial score (nSPS) is 11.2. The average molecular weight is 257 g/mol. The zero-order chi connectivity index (χ0) is 14.0. The molecule has 0 saturated carbocycles. The predicted octanol–water partition coefficient (Wildman–Crippen LogP) is 2.89. The van der Waals surface area contributed by atoms with E-state index < -0.39 is 5.43 Å². The third kappa shape index (κ3) is 2.46. The van der Waals surface area contributed by atoms with Crippen LogP contribution < -0.4 is 16.2 Å². The zero-order valence-corrected chi connectivity index (χ0v) is 11.6. The van der Waals surface area contributed by atoms with Crippen molar-refractivity contribution in [1.29, 1.82) is 0 Å². The topological polar surface area (TPSA) is 46.2 Å². The summed E-state index contributed by atoms with van der Waals surface area (Å²) in [5.41, 5.74) is 2.29. The second-order valence-corrected chi connectivity index (χ2v) is 5.11. The first-order valence-corrected chi connectivity index (χ1v) is 6.73. The van der Waals surface area contributed by atoms with Crippen LogP contribution in [0.1, 0.15) is 38.7 Å². The molecule has 0 heterocycles. The predicted molar refractivity (Wildman–Crippen MR) is 79.7 cm³/mol. The van der Waals surface area contributed by atoms with Crippen molar-refractivity contribution in [1.82, 2.24) is 0 Å². The molecular weight excluding hydrogens is 238 g/mol. The van der Waals surface area contributed by atoms with Crippen LogP contribution in [-0.2, 0) is 0 Å². The minimum absolute atomic E-state index is 0.379. The summed E-state index contributed by atoms with van der Waals surface area (Å²) in [6.45, 7) is 6.98. The van der Waals surface area contributed by atoms with E-state index in [1.54, 1.807) is 0 Å². The summed E-state index contributed by atoms with van der Waals surface area (Å²) < 4.78 is 0. The second kappa shape index (κ2) is 5.39. The van der Waals surface area contributed by atoms with Crippen molar-refractivity contribution in [2.75, 3.05) is 11.9 Å².